The van der Waals surface area contributed by atoms with Crippen LogP contribution in [-0.2, 0) is 4.79 Å². The summed E-state index contributed by atoms with van der Waals surface area (Å²) in [5, 5.41) is 0. The molecule has 0 N–H and O–H groups in total. The van der Waals surface area contributed by atoms with Crippen LogP contribution in [0.3, 0.4) is 0 Å². The number of hydrogen-bond acceptors (Lipinski definition) is 1. The van der Waals surface area contributed by atoms with E-state index in [1.807, 2.05) is 0 Å². The quantitative estimate of drug-likeness (QED) is 0.439. The van der Waals surface area contributed by atoms with Crippen LogP contribution in [0.2, 0.25) is 0 Å². The summed E-state index contributed by atoms with van der Waals surface area (Å²) in [5.74, 6) is 1.13. The highest BCUT2D eigenvalue weighted by Gasteiger charge is 1.94. The third kappa shape index (κ3) is 7.31. The molecule has 0 fully saturated rings. The van der Waals surface area contributed by atoms with Gasteiger partial charge in [0, 0.05) is 6.42 Å². The van der Waals surface area contributed by atoms with Crippen LogP contribution in [-0.4, -0.2) is 6.29 Å². The Hall–Kier alpha value is -0.590. The Morgan fingerprint density at radius 3 is 2.27 bits per heavy atom. The Morgan fingerprint density at radius 2 is 1.82 bits per heavy atom. The summed E-state index contributed by atoms with van der Waals surface area (Å²) in [6, 6.07) is 0. The first-order valence-corrected chi connectivity index (χ1v) is 4.27. The molecule has 0 saturated carbocycles. The maximum atomic E-state index is 10.1. The lowest BCUT2D eigenvalue weighted by Gasteiger charge is -2.00. The molecule has 0 unspecified atom stereocenters. The van der Waals surface area contributed by atoms with Crippen molar-refractivity contribution >= 4 is 6.29 Å². The van der Waals surface area contributed by atoms with Gasteiger partial charge in [0.2, 0.25) is 0 Å². The maximum absolute atomic E-state index is 10.1. The minimum Gasteiger partial charge on any atom is -0.303 e. The topological polar surface area (TPSA) is 17.1 Å². The van der Waals surface area contributed by atoms with Crippen molar-refractivity contribution < 1.29 is 4.79 Å². The van der Waals surface area contributed by atoms with Gasteiger partial charge in [0.15, 0.2) is 0 Å². The molecule has 11 heavy (non-hydrogen) atoms. The number of rotatable bonds is 5. The molecular formula is C10H18O. The largest absolute Gasteiger partial charge is 0.303 e. The first-order chi connectivity index (χ1) is 5.16. The van der Waals surface area contributed by atoms with Crippen LogP contribution in [0.4, 0.5) is 0 Å². The summed E-state index contributed by atoms with van der Waals surface area (Å²) in [6.07, 6.45) is 7.02. The Bertz CT molecular complexity index is 125. The molecule has 1 atom stereocenters. The van der Waals surface area contributed by atoms with E-state index in [0.29, 0.717) is 12.3 Å². The molecule has 0 aromatic rings. The first kappa shape index (κ1) is 10.4. The van der Waals surface area contributed by atoms with Gasteiger partial charge in [0.1, 0.15) is 6.29 Å². The van der Waals surface area contributed by atoms with Crippen LogP contribution < -0.4 is 0 Å². The van der Waals surface area contributed by atoms with Crippen LogP contribution >= 0.6 is 0 Å². The molecule has 0 aliphatic carbocycles. The van der Waals surface area contributed by atoms with Crippen LogP contribution in [0.15, 0.2) is 12.2 Å². The molecule has 0 aromatic carbocycles. The number of carbonyl (C=O) groups excluding carboxylic acids is 1. The average molecular weight is 154 g/mol. The molecule has 0 aliphatic heterocycles. The van der Waals surface area contributed by atoms with Crippen LogP contribution in [0, 0.1) is 11.8 Å². The SMILES string of the molecule is CC(C)C/C=C\[C@@H](C)CC=O. The highest BCUT2D eigenvalue weighted by molar-refractivity contribution is 5.50. The average Bonchev–Trinajstić information content (AvgIpc) is 1.87. The molecule has 0 saturated heterocycles. The number of hydrogen-bond donors (Lipinski definition) is 0. The van der Waals surface area contributed by atoms with Crippen molar-refractivity contribution in [2.45, 2.75) is 33.6 Å². The van der Waals surface area contributed by atoms with E-state index >= 15 is 0 Å². The Kier molecular flexibility index (Phi) is 5.81. The molecule has 1 heteroatoms. The van der Waals surface area contributed by atoms with E-state index < -0.39 is 0 Å². The second-order valence-electron chi connectivity index (χ2n) is 3.44. The van der Waals surface area contributed by atoms with Crippen LogP contribution in [0.1, 0.15) is 33.6 Å². The van der Waals surface area contributed by atoms with Gasteiger partial charge in [-0.25, -0.2) is 0 Å². The predicted octanol–water partition coefficient (Wildman–Crippen LogP) is 2.81. The first-order valence-electron chi connectivity index (χ1n) is 4.27. The summed E-state index contributed by atoms with van der Waals surface area (Å²) in [5.41, 5.74) is 0. The van der Waals surface area contributed by atoms with Crippen molar-refractivity contribution in [3.05, 3.63) is 12.2 Å². The van der Waals surface area contributed by atoms with Gasteiger partial charge in [-0.1, -0.05) is 32.9 Å². The third-order valence-electron chi connectivity index (χ3n) is 1.54. The molecule has 0 amide bonds. The van der Waals surface area contributed by atoms with Gasteiger partial charge < -0.3 is 4.79 Å². The van der Waals surface area contributed by atoms with Crippen molar-refractivity contribution in [2.75, 3.05) is 0 Å². The summed E-state index contributed by atoms with van der Waals surface area (Å²) in [6.45, 7) is 6.44. The summed E-state index contributed by atoms with van der Waals surface area (Å²) in [7, 11) is 0. The normalized spacial score (nSPS) is 14.2. The van der Waals surface area contributed by atoms with Gasteiger partial charge in [-0.3, -0.25) is 0 Å². The molecule has 0 rings (SSSR count). The molecule has 0 aromatic heterocycles. The number of allylic oxidation sites excluding steroid dienone is 2. The van der Waals surface area contributed by atoms with E-state index in [4.69, 9.17) is 0 Å². The summed E-state index contributed by atoms with van der Waals surface area (Å²) >= 11 is 0. The van der Waals surface area contributed by atoms with Crippen molar-refractivity contribution in [1.82, 2.24) is 0 Å². The van der Waals surface area contributed by atoms with Gasteiger partial charge in [-0.15, -0.1) is 0 Å². The molecule has 0 heterocycles. The second kappa shape index (κ2) is 6.14. The van der Waals surface area contributed by atoms with Crippen LogP contribution in [0.25, 0.3) is 0 Å². The van der Waals surface area contributed by atoms with Crippen molar-refractivity contribution in [1.29, 1.82) is 0 Å². The van der Waals surface area contributed by atoms with E-state index in [0.717, 1.165) is 18.6 Å². The van der Waals surface area contributed by atoms with E-state index in [1.54, 1.807) is 0 Å². The summed E-state index contributed by atoms with van der Waals surface area (Å²) < 4.78 is 0. The molecule has 0 aliphatic rings. The van der Waals surface area contributed by atoms with Gasteiger partial charge in [-0.05, 0) is 18.3 Å². The van der Waals surface area contributed by atoms with E-state index in [9.17, 15) is 4.79 Å². The smallest absolute Gasteiger partial charge is 0.120 e. The fraction of sp³-hybridized carbons (Fsp3) is 0.700. The third-order valence-corrected chi connectivity index (χ3v) is 1.54. The van der Waals surface area contributed by atoms with E-state index in [1.165, 1.54) is 0 Å². The second-order valence-corrected chi connectivity index (χ2v) is 3.44. The lowest BCUT2D eigenvalue weighted by molar-refractivity contribution is -0.108. The highest BCUT2D eigenvalue weighted by Crippen LogP contribution is 2.05. The lowest BCUT2D eigenvalue weighted by atomic mass is 10.1. The molecule has 64 valence electrons. The molecule has 1 nitrogen and oxygen atoms in total. The zero-order chi connectivity index (χ0) is 8.69. The molecule has 0 bridgehead atoms. The van der Waals surface area contributed by atoms with Gasteiger partial charge in [0.25, 0.3) is 0 Å². The van der Waals surface area contributed by atoms with Gasteiger partial charge in [-0.2, -0.15) is 0 Å². The van der Waals surface area contributed by atoms with E-state index in [2.05, 4.69) is 32.9 Å². The fourth-order valence-corrected chi connectivity index (χ4v) is 0.813. The van der Waals surface area contributed by atoms with Crippen molar-refractivity contribution in [3.63, 3.8) is 0 Å². The van der Waals surface area contributed by atoms with Crippen molar-refractivity contribution in [3.8, 4) is 0 Å². The standard InChI is InChI=1S/C10H18O/c1-9(2)5-4-6-10(3)7-8-11/h4,6,8-10H,5,7H2,1-3H3/b6-4-/t10-/m1/s1. The minimum absolute atomic E-state index is 0.409. The Labute approximate surface area is 69.5 Å². The predicted molar refractivity (Wildman–Crippen MR) is 48.4 cm³/mol. The zero-order valence-electron chi connectivity index (χ0n) is 7.71. The van der Waals surface area contributed by atoms with Crippen LogP contribution in [0.5, 0.6) is 0 Å². The Morgan fingerprint density at radius 1 is 1.18 bits per heavy atom. The zero-order valence-corrected chi connectivity index (χ0v) is 7.71. The molecule has 0 radical (unpaired) electrons. The van der Waals surface area contributed by atoms with E-state index in [-0.39, 0.29) is 0 Å². The van der Waals surface area contributed by atoms with Crippen molar-refractivity contribution in [2.24, 2.45) is 11.8 Å². The van der Waals surface area contributed by atoms with Gasteiger partial charge in [0.05, 0.1) is 0 Å². The summed E-state index contributed by atoms with van der Waals surface area (Å²) in [4.78, 5) is 10.1. The fourth-order valence-electron chi connectivity index (χ4n) is 0.813. The van der Waals surface area contributed by atoms with Gasteiger partial charge >= 0.3 is 0 Å². The number of carbonyl (C=O) groups is 1. The monoisotopic (exact) mass is 154 g/mol. The Balaban J connectivity index is 3.47. The number of aldehydes is 1. The minimum atomic E-state index is 0.409. The molecule has 0 spiro atoms. The molecular weight excluding hydrogens is 136 g/mol. The maximum Gasteiger partial charge on any atom is 0.120 e. The lowest BCUT2D eigenvalue weighted by Crippen LogP contribution is -1.90. The highest BCUT2D eigenvalue weighted by atomic mass is 16.1.